The van der Waals surface area contributed by atoms with Crippen molar-refractivity contribution in [2.24, 2.45) is 5.41 Å². The number of hydrogen-bond donors (Lipinski definition) is 1. The van der Waals surface area contributed by atoms with Gasteiger partial charge in [0.15, 0.2) is 0 Å². The Bertz CT molecular complexity index is 376. The zero-order chi connectivity index (χ0) is 12.2. The van der Waals surface area contributed by atoms with Crippen LogP contribution in [-0.2, 0) is 0 Å². The Morgan fingerprint density at radius 1 is 1.31 bits per heavy atom. The smallest absolute Gasteiger partial charge is 0.0712 e. The van der Waals surface area contributed by atoms with Crippen molar-refractivity contribution >= 4 is 11.8 Å². The topological polar surface area (TPSA) is 35.8 Å². The molecule has 1 unspecified atom stereocenters. The van der Waals surface area contributed by atoms with Crippen LogP contribution in [0.1, 0.15) is 25.5 Å². The molecule has 0 bridgehead atoms. The van der Waals surface area contributed by atoms with Gasteiger partial charge in [0.2, 0.25) is 0 Å². The van der Waals surface area contributed by atoms with Gasteiger partial charge in [-0.05, 0) is 44.8 Å². The third-order valence-corrected chi connectivity index (χ3v) is 3.49. The van der Waals surface area contributed by atoms with Crippen LogP contribution in [0.5, 0.6) is 0 Å². The lowest BCUT2D eigenvalue weighted by molar-refractivity contribution is 0.344. The number of nitrogens with zero attached hydrogens (tertiary/aromatic N) is 1. The maximum absolute atomic E-state index is 9.16. The molecule has 0 aliphatic carbocycles. The minimum Gasteiger partial charge on any atom is -0.312 e. The third-order valence-electron chi connectivity index (χ3n) is 2.75. The molecule has 0 aromatic heterocycles. The highest BCUT2D eigenvalue weighted by molar-refractivity contribution is 7.98. The lowest BCUT2D eigenvalue weighted by Gasteiger charge is -2.28. The van der Waals surface area contributed by atoms with E-state index in [1.807, 2.05) is 20.9 Å². The summed E-state index contributed by atoms with van der Waals surface area (Å²) in [6.07, 6.45) is 2.06. The summed E-state index contributed by atoms with van der Waals surface area (Å²) in [5.74, 6) is 0. The summed E-state index contributed by atoms with van der Waals surface area (Å²) >= 11 is 1.72. The molecule has 0 fully saturated rings. The van der Waals surface area contributed by atoms with E-state index in [1.165, 1.54) is 4.90 Å². The fourth-order valence-electron chi connectivity index (χ4n) is 1.81. The molecule has 0 saturated heterocycles. The van der Waals surface area contributed by atoms with Gasteiger partial charge in [-0.2, -0.15) is 5.26 Å². The molecule has 0 aliphatic rings. The highest BCUT2D eigenvalue weighted by Gasteiger charge is 2.29. The first-order chi connectivity index (χ1) is 7.55. The number of benzene rings is 1. The minimum atomic E-state index is -0.407. The Morgan fingerprint density at radius 2 is 1.88 bits per heavy atom. The van der Waals surface area contributed by atoms with Crippen molar-refractivity contribution in [3.63, 3.8) is 0 Å². The second-order valence-corrected chi connectivity index (χ2v) is 5.21. The first kappa shape index (κ1) is 13.1. The van der Waals surface area contributed by atoms with Crippen LogP contribution in [0.25, 0.3) is 0 Å². The summed E-state index contributed by atoms with van der Waals surface area (Å²) in [6, 6.07) is 10.8. The Labute approximate surface area is 102 Å². The maximum atomic E-state index is 9.16. The van der Waals surface area contributed by atoms with Crippen molar-refractivity contribution in [3.05, 3.63) is 29.8 Å². The van der Waals surface area contributed by atoms with Gasteiger partial charge in [0.05, 0.1) is 17.5 Å². The average Bonchev–Trinajstić information content (AvgIpc) is 2.30. The van der Waals surface area contributed by atoms with Gasteiger partial charge in [-0.15, -0.1) is 11.8 Å². The zero-order valence-corrected chi connectivity index (χ0v) is 11.1. The van der Waals surface area contributed by atoms with Gasteiger partial charge in [0.1, 0.15) is 0 Å². The van der Waals surface area contributed by atoms with E-state index in [-0.39, 0.29) is 6.04 Å². The van der Waals surface area contributed by atoms with Crippen LogP contribution < -0.4 is 5.32 Å². The summed E-state index contributed by atoms with van der Waals surface area (Å²) in [6.45, 7) is 3.91. The summed E-state index contributed by atoms with van der Waals surface area (Å²) in [5, 5.41) is 12.4. The zero-order valence-electron chi connectivity index (χ0n) is 10.2. The molecule has 0 saturated carbocycles. The van der Waals surface area contributed by atoms with Gasteiger partial charge >= 0.3 is 0 Å². The minimum absolute atomic E-state index is 0.0633. The van der Waals surface area contributed by atoms with Gasteiger partial charge < -0.3 is 5.32 Å². The number of hydrogen-bond acceptors (Lipinski definition) is 3. The normalized spacial score (nSPS) is 13.2. The molecule has 2 nitrogen and oxygen atoms in total. The molecule has 86 valence electrons. The van der Waals surface area contributed by atoms with Gasteiger partial charge in [-0.25, -0.2) is 0 Å². The summed E-state index contributed by atoms with van der Waals surface area (Å²) in [5.41, 5.74) is 0.752. The van der Waals surface area contributed by atoms with Crippen molar-refractivity contribution in [1.29, 1.82) is 5.26 Å². The van der Waals surface area contributed by atoms with Crippen molar-refractivity contribution in [1.82, 2.24) is 5.32 Å². The molecule has 1 aromatic carbocycles. The fraction of sp³-hybridized carbons (Fsp3) is 0.462. The molecule has 0 amide bonds. The lowest BCUT2D eigenvalue weighted by Crippen LogP contribution is -2.30. The molecule has 3 heteroatoms. The molecule has 1 aromatic rings. The Hall–Kier alpha value is -0.980. The van der Waals surface area contributed by atoms with Crippen LogP contribution in [0.15, 0.2) is 29.2 Å². The van der Waals surface area contributed by atoms with Crippen LogP contribution in [0.4, 0.5) is 0 Å². The predicted molar refractivity (Wildman–Crippen MR) is 69.4 cm³/mol. The van der Waals surface area contributed by atoms with E-state index in [1.54, 1.807) is 11.8 Å². The molecule has 0 spiro atoms. The number of thioether (sulfide) groups is 1. The summed E-state index contributed by atoms with van der Waals surface area (Å²) < 4.78 is 0. The molecule has 1 N–H and O–H groups in total. The quantitative estimate of drug-likeness (QED) is 0.813. The van der Waals surface area contributed by atoms with Crippen LogP contribution in [-0.4, -0.2) is 13.3 Å². The lowest BCUT2D eigenvalue weighted by atomic mass is 9.82. The predicted octanol–water partition coefficient (Wildman–Crippen LogP) is 3.22. The second-order valence-electron chi connectivity index (χ2n) is 4.33. The molecule has 0 heterocycles. The number of nitriles is 1. The molecular weight excluding hydrogens is 216 g/mol. The van der Waals surface area contributed by atoms with Crippen molar-refractivity contribution in [2.45, 2.75) is 24.8 Å². The Kier molecular flexibility index (Phi) is 4.40. The maximum Gasteiger partial charge on any atom is 0.0712 e. The fourth-order valence-corrected chi connectivity index (χ4v) is 2.21. The van der Waals surface area contributed by atoms with Crippen LogP contribution in [0, 0.1) is 16.7 Å². The van der Waals surface area contributed by atoms with Crippen molar-refractivity contribution < 1.29 is 0 Å². The van der Waals surface area contributed by atoms with E-state index in [0.717, 1.165) is 5.56 Å². The molecular formula is C13H18N2S. The largest absolute Gasteiger partial charge is 0.312 e. The van der Waals surface area contributed by atoms with E-state index in [4.69, 9.17) is 5.26 Å². The highest BCUT2D eigenvalue weighted by atomic mass is 32.2. The van der Waals surface area contributed by atoms with Crippen molar-refractivity contribution in [3.8, 4) is 6.07 Å². The number of rotatable bonds is 4. The number of nitrogens with one attached hydrogen (secondary N) is 1. The molecule has 0 radical (unpaired) electrons. The third kappa shape index (κ3) is 2.78. The van der Waals surface area contributed by atoms with E-state index < -0.39 is 5.41 Å². The molecule has 0 aliphatic heterocycles. The van der Waals surface area contributed by atoms with E-state index in [9.17, 15) is 0 Å². The van der Waals surface area contributed by atoms with Crippen LogP contribution >= 0.6 is 11.8 Å². The molecule has 16 heavy (non-hydrogen) atoms. The SMILES string of the molecule is CNC(c1ccc(SC)cc1)C(C)(C)C#N. The second kappa shape index (κ2) is 5.38. The summed E-state index contributed by atoms with van der Waals surface area (Å²) in [4.78, 5) is 1.24. The summed E-state index contributed by atoms with van der Waals surface area (Å²) in [7, 11) is 1.90. The van der Waals surface area contributed by atoms with Gasteiger partial charge in [0, 0.05) is 4.90 Å². The Balaban J connectivity index is 3.01. The molecule has 1 rings (SSSR count). The average molecular weight is 234 g/mol. The van der Waals surface area contributed by atoms with Crippen LogP contribution in [0.2, 0.25) is 0 Å². The van der Waals surface area contributed by atoms with E-state index in [2.05, 4.69) is 41.9 Å². The van der Waals surface area contributed by atoms with Gasteiger partial charge in [-0.1, -0.05) is 12.1 Å². The van der Waals surface area contributed by atoms with Gasteiger partial charge in [0.25, 0.3) is 0 Å². The van der Waals surface area contributed by atoms with Crippen molar-refractivity contribution in [2.75, 3.05) is 13.3 Å². The first-order valence-electron chi connectivity index (χ1n) is 5.27. The van der Waals surface area contributed by atoms with E-state index in [0.29, 0.717) is 0 Å². The van der Waals surface area contributed by atoms with Gasteiger partial charge in [-0.3, -0.25) is 0 Å². The standard InChI is InChI=1S/C13H18N2S/c1-13(2,9-14)12(15-3)10-5-7-11(16-4)8-6-10/h5-8,12,15H,1-4H3. The highest BCUT2D eigenvalue weighted by Crippen LogP contribution is 2.32. The van der Waals surface area contributed by atoms with E-state index >= 15 is 0 Å². The first-order valence-corrected chi connectivity index (χ1v) is 6.50. The molecule has 1 atom stereocenters. The Morgan fingerprint density at radius 3 is 2.25 bits per heavy atom. The monoisotopic (exact) mass is 234 g/mol. The van der Waals surface area contributed by atoms with Crippen LogP contribution in [0.3, 0.4) is 0 Å².